The Morgan fingerprint density at radius 3 is 2.16 bits per heavy atom. The van der Waals surface area contributed by atoms with Crippen LogP contribution >= 0.6 is 11.8 Å². The van der Waals surface area contributed by atoms with Crippen molar-refractivity contribution < 1.29 is 18.6 Å². The number of benzene rings is 2. The highest BCUT2D eigenvalue weighted by Crippen LogP contribution is 2.43. The highest BCUT2D eigenvalue weighted by atomic mass is 32.2. The van der Waals surface area contributed by atoms with Gasteiger partial charge in [0, 0.05) is 5.56 Å². The summed E-state index contributed by atoms with van der Waals surface area (Å²) in [6, 6.07) is 11.5. The molecule has 0 aliphatic carbocycles. The number of nitrogens with zero attached hydrogens (tertiary/aromatic N) is 1. The lowest BCUT2D eigenvalue weighted by Gasteiger charge is -2.13. The fourth-order valence-electron chi connectivity index (χ4n) is 2.69. The molecule has 6 heteroatoms. The lowest BCUT2D eigenvalue weighted by atomic mass is 10.0. The van der Waals surface area contributed by atoms with Gasteiger partial charge in [-0.2, -0.15) is 0 Å². The first-order valence-corrected chi connectivity index (χ1v) is 8.83. The molecule has 0 aliphatic rings. The molecule has 25 heavy (non-hydrogen) atoms. The summed E-state index contributed by atoms with van der Waals surface area (Å²) in [5, 5.41) is 0. The Morgan fingerprint density at radius 1 is 0.920 bits per heavy atom. The first-order chi connectivity index (χ1) is 12.2. The molecule has 0 unspecified atom stereocenters. The Hall–Kier alpha value is -2.60. The van der Waals surface area contributed by atoms with Gasteiger partial charge >= 0.3 is 0 Å². The van der Waals surface area contributed by atoms with Crippen molar-refractivity contribution in [3.8, 4) is 39.8 Å². The molecule has 0 fully saturated rings. The maximum absolute atomic E-state index is 5.67. The Morgan fingerprint density at radius 2 is 1.56 bits per heavy atom. The second-order valence-corrected chi connectivity index (χ2v) is 5.96. The maximum atomic E-state index is 5.67. The summed E-state index contributed by atoms with van der Waals surface area (Å²) in [5.41, 5.74) is 2.39. The fourth-order valence-corrected chi connectivity index (χ4v) is 3.38. The highest BCUT2D eigenvalue weighted by molar-refractivity contribution is 7.98. The molecule has 5 nitrogen and oxygen atoms in total. The minimum Gasteiger partial charge on any atom is -0.496 e. The first-order valence-electron chi connectivity index (χ1n) is 7.60. The SMILES string of the molecule is COc1ccccc1-c1ocnc1-c1cc(OC)c(SC)c(OC)c1. The van der Waals surface area contributed by atoms with E-state index in [4.69, 9.17) is 18.6 Å². The Labute approximate surface area is 150 Å². The summed E-state index contributed by atoms with van der Waals surface area (Å²) in [6.45, 7) is 0. The lowest BCUT2D eigenvalue weighted by molar-refractivity contribution is 0.377. The molecule has 0 radical (unpaired) electrons. The Balaban J connectivity index is 2.18. The summed E-state index contributed by atoms with van der Waals surface area (Å²) < 4.78 is 22.2. The molecular weight excluding hydrogens is 338 g/mol. The van der Waals surface area contributed by atoms with Gasteiger partial charge < -0.3 is 18.6 Å². The van der Waals surface area contributed by atoms with Crippen LogP contribution in [0, 0.1) is 0 Å². The van der Waals surface area contributed by atoms with Crippen LogP contribution in [0.2, 0.25) is 0 Å². The summed E-state index contributed by atoms with van der Waals surface area (Å²) in [5.74, 6) is 2.82. The van der Waals surface area contributed by atoms with Gasteiger partial charge in [-0.05, 0) is 30.5 Å². The molecule has 0 bridgehead atoms. The smallest absolute Gasteiger partial charge is 0.182 e. The molecule has 3 aromatic rings. The van der Waals surface area contributed by atoms with Gasteiger partial charge in [-0.25, -0.2) is 4.98 Å². The average Bonchev–Trinajstić information content (AvgIpc) is 3.16. The van der Waals surface area contributed by atoms with E-state index >= 15 is 0 Å². The van der Waals surface area contributed by atoms with Crippen LogP contribution < -0.4 is 14.2 Å². The third-order valence-electron chi connectivity index (χ3n) is 3.86. The molecule has 0 saturated heterocycles. The van der Waals surface area contributed by atoms with Crippen LogP contribution in [0.15, 0.2) is 52.1 Å². The molecule has 0 amide bonds. The topological polar surface area (TPSA) is 53.7 Å². The summed E-state index contributed by atoms with van der Waals surface area (Å²) >= 11 is 1.57. The highest BCUT2D eigenvalue weighted by Gasteiger charge is 2.20. The van der Waals surface area contributed by atoms with Crippen LogP contribution in [0.25, 0.3) is 22.6 Å². The van der Waals surface area contributed by atoms with Gasteiger partial charge in [0.25, 0.3) is 0 Å². The molecular formula is C19H19NO4S. The van der Waals surface area contributed by atoms with Crippen molar-refractivity contribution in [2.24, 2.45) is 0 Å². The number of oxazole rings is 1. The van der Waals surface area contributed by atoms with Crippen molar-refractivity contribution in [1.29, 1.82) is 0 Å². The molecule has 1 aromatic heterocycles. The van der Waals surface area contributed by atoms with Crippen LogP contribution in [0.5, 0.6) is 17.2 Å². The number of rotatable bonds is 6. The van der Waals surface area contributed by atoms with Gasteiger partial charge in [-0.1, -0.05) is 12.1 Å². The van der Waals surface area contributed by atoms with Gasteiger partial charge in [-0.3, -0.25) is 0 Å². The van der Waals surface area contributed by atoms with Crippen LogP contribution in [0.1, 0.15) is 0 Å². The van der Waals surface area contributed by atoms with E-state index in [0.717, 1.165) is 33.3 Å². The third kappa shape index (κ3) is 3.17. The van der Waals surface area contributed by atoms with E-state index in [-0.39, 0.29) is 0 Å². The molecule has 0 aliphatic heterocycles. The van der Waals surface area contributed by atoms with Crippen molar-refractivity contribution in [1.82, 2.24) is 4.98 Å². The van der Waals surface area contributed by atoms with Crippen LogP contribution in [-0.2, 0) is 0 Å². The zero-order valence-electron chi connectivity index (χ0n) is 14.5. The van der Waals surface area contributed by atoms with E-state index in [9.17, 15) is 0 Å². The lowest BCUT2D eigenvalue weighted by Crippen LogP contribution is -1.94. The van der Waals surface area contributed by atoms with Crippen molar-refractivity contribution in [3.63, 3.8) is 0 Å². The quantitative estimate of drug-likeness (QED) is 0.593. The van der Waals surface area contributed by atoms with Gasteiger partial charge in [-0.15, -0.1) is 11.8 Å². The minimum absolute atomic E-state index is 0.637. The number of para-hydroxylation sites is 1. The van der Waals surface area contributed by atoms with Crippen molar-refractivity contribution >= 4 is 11.8 Å². The molecule has 0 atom stereocenters. The first kappa shape index (κ1) is 17.2. The summed E-state index contributed by atoms with van der Waals surface area (Å²) in [6.07, 6.45) is 3.41. The Bertz CT molecular complexity index is 850. The van der Waals surface area contributed by atoms with E-state index in [1.807, 2.05) is 42.7 Å². The summed E-state index contributed by atoms with van der Waals surface area (Å²) in [4.78, 5) is 5.35. The fraction of sp³-hybridized carbons (Fsp3) is 0.211. The van der Waals surface area contributed by atoms with Gasteiger partial charge in [0.2, 0.25) is 0 Å². The van der Waals surface area contributed by atoms with Crippen LogP contribution in [0.4, 0.5) is 0 Å². The molecule has 1 heterocycles. The number of methoxy groups -OCH3 is 3. The normalized spacial score (nSPS) is 10.6. The number of ether oxygens (including phenoxy) is 3. The van der Waals surface area contributed by atoms with Crippen molar-refractivity contribution in [2.45, 2.75) is 4.90 Å². The predicted octanol–water partition coefficient (Wildman–Crippen LogP) is 4.76. The van der Waals surface area contributed by atoms with Crippen molar-refractivity contribution in [2.75, 3.05) is 27.6 Å². The molecule has 130 valence electrons. The zero-order valence-corrected chi connectivity index (χ0v) is 15.3. The van der Waals surface area contributed by atoms with Gasteiger partial charge in [0.05, 0.1) is 31.8 Å². The third-order valence-corrected chi connectivity index (χ3v) is 4.67. The van der Waals surface area contributed by atoms with Gasteiger partial charge in [0.15, 0.2) is 12.2 Å². The second-order valence-electron chi connectivity index (χ2n) is 5.14. The van der Waals surface area contributed by atoms with E-state index in [0.29, 0.717) is 11.5 Å². The van der Waals surface area contributed by atoms with E-state index in [1.165, 1.54) is 6.39 Å². The standard InChI is InChI=1S/C19H19NO4S/c1-21-14-8-6-5-7-13(14)18-17(20-11-24-18)12-9-15(22-2)19(25-4)16(10-12)23-3/h5-11H,1-4H3. The van der Waals surface area contributed by atoms with Gasteiger partial charge in [0.1, 0.15) is 22.9 Å². The molecule has 0 spiro atoms. The largest absolute Gasteiger partial charge is 0.496 e. The second kappa shape index (κ2) is 7.53. The van der Waals surface area contributed by atoms with E-state index in [2.05, 4.69) is 4.98 Å². The number of aromatic nitrogens is 1. The predicted molar refractivity (Wildman–Crippen MR) is 98.8 cm³/mol. The number of hydrogen-bond acceptors (Lipinski definition) is 6. The zero-order chi connectivity index (χ0) is 17.8. The summed E-state index contributed by atoms with van der Waals surface area (Å²) in [7, 11) is 4.92. The molecule has 0 N–H and O–H groups in total. The monoisotopic (exact) mass is 357 g/mol. The van der Waals surface area contributed by atoms with E-state index < -0.39 is 0 Å². The number of hydrogen-bond donors (Lipinski definition) is 0. The van der Waals surface area contributed by atoms with Crippen molar-refractivity contribution in [3.05, 3.63) is 42.8 Å². The van der Waals surface area contributed by atoms with Crippen LogP contribution in [0.3, 0.4) is 0 Å². The molecule has 2 aromatic carbocycles. The number of thioether (sulfide) groups is 1. The van der Waals surface area contributed by atoms with Crippen LogP contribution in [-0.4, -0.2) is 32.6 Å². The molecule has 3 rings (SSSR count). The average molecular weight is 357 g/mol. The maximum Gasteiger partial charge on any atom is 0.182 e. The Kier molecular flexibility index (Phi) is 5.19. The van der Waals surface area contributed by atoms with E-state index in [1.54, 1.807) is 33.1 Å². The minimum atomic E-state index is 0.637. The molecule has 0 saturated carbocycles.